The number of carbonyl (C=O) groups excluding carboxylic acids is 2. The third kappa shape index (κ3) is 6.52. The van der Waals surface area contributed by atoms with E-state index in [1.54, 1.807) is 41.5 Å². The Labute approximate surface area is 223 Å². The molecule has 2 amide bonds. The summed E-state index contributed by atoms with van der Waals surface area (Å²) in [5, 5.41) is 2.08. The molecule has 6 nitrogen and oxygen atoms in total. The van der Waals surface area contributed by atoms with E-state index in [0.29, 0.717) is 31.0 Å². The predicted molar refractivity (Wildman–Crippen MR) is 148 cm³/mol. The van der Waals surface area contributed by atoms with Crippen LogP contribution in [0, 0.1) is 12.8 Å². The van der Waals surface area contributed by atoms with Gasteiger partial charge in [0.2, 0.25) is 5.91 Å². The summed E-state index contributed by atoms with van der Waals surface area (Å²) in [5.41, 5.74) is 2.84. The summed E-state index contributed by atoms with van der Waals surface area (Å²) in [6.45, 7) is 7.77. The zero-order valence-electron chi connectivity index (χ0n) is 22.1. The number of aryl methyl sites for hydroxylation is 1. The molecule has 196 valence electrons. The zero-order valence-corrected chi connectivity index (χ0v) is 22.9. The van der Waals surface area contributed by atoms with E-state index in [-0.39, 0.29) is 30.3 Å². The number of nitrogens with zero attached hydrogens (tertiary/aromatic N) is 2. The van der Waals surface area contributed by atoms with Crippen molar-refractivity contribution in [1.29, 1.82) is 0 Å². The van der Waals surface area contributed by atoms with Crippen molar-refractivity contribution in [2.24, 2.45) is 5.92 Å². The summed E-state index contributed by atoms with van der Waals surface area (Å²) < 4.78 is 11.5. The second-order valence-corrected chi connectivity index (χ2v) is 10.7. The molecule has 0 saturated carbocycles. The molecule has 7 heteroatoms. The van der Waals surface area contributed by atoms with Crippen LogP contribution in [0.3, 0.4) is 0 Å². The Bertz CT molecular complexity index is 1210. The smallest absolute Gasteiger partial charge is 0.254 e. The van der Waals surface area contributed by atoms with Crippen LogP contribution in [0.15, 0.2) is 60.0 Å². The number of hydrogen-bond acceptors (Lipinski definition) is 5. The summed E-state index contributed by atoms with van der Waals surface area (Å²) in [6, 6.07) is 17.0. The van der Waals surface area contributed by atoms with Crippen LogP contribution in [0.5, 0.6) is 11.5 Å². The molecule has 37 heavy (non-hydrogen) atoms. The lowest BCUT2D eigenvalue weighted by Crippen LogP contribution is -2.48. The molecule has 2 heterocycles. The topological polar surface area (TPSA) is 59.1 Å². The number of thiophene rings is 1. The van der Waals surface area contributed by atoms with Gasteiger partial charge in [0, 0.05) is 23.5 Å². The maximum Gasteiger partial charge on any atom is 0.254 e. The van der Waals surface area contributed by atoms with Gasteiger partial charge in [-0.2, -0.15) is 0 Å². The van der Waals surface area contributed by atoms with E-state index in [1.807, 2.05) is 42.2 Å². The van der Waals surface area contributed by atoms with E-state index in [1.165, 1.54) is 10.4 Å². The molecule has 2 aromatic carbocycles. The number of ether oxygens (including phenoxy) is 2. The van der Waals surface area contributed by atoms with Gasteiger partial charge in [0.1, 0.15) is 24.7 Å². The summed E-state index contributed by atoms with van der Waals surface area (Å²) >= 11 is 1.73. The first-order chi connectivity index (χ1) is 17.9. The van der Waals surface area contributed by atoms with Gasteiger partial charge in [0.25, 0.3) is 5.91 Å². The van der Waals surface area contributed by atoms with Gasteiger partial charge in [0.15, 0.2) is 0 Å². The van der Waals surface area contributed by atoms with Gasteiger partial charge < -0.3 is 19.3 Å². The summed E-state index contributed by atoms with van der Waals surface area (Å²) in [6.07, 6.45) is 1.74. The van der Waals surface area contributed by atoms with Gasteiger partial charge in [-0.15, -0.1) is 11.3 Å². The van der Waals surface area contributed by atoms with Gasteiger partial charge in [0.05, 0.1) is 13.2 Å². The fraction of sp³-hybridized carbons (Fsp3) is 0.400. The summed E-state index contributed by atoms with van der Waals surface area (Å²) in [4.78, 5) is 32.2. The monoisotopic (exact) mass is 520 g/mol. The van der Waals surface area contributed by atoms with Gasteiger partial charge in [-0.3, -0.25) is 9.59 Å². The Kier molecular flexibility index (Phi) is 8.87. The second kappa shape index (κ2) is 12.3. The highest BCUT2D eigenvalue weighted by molar-refractivity contribution is 7.10. The lowest BCUT2D eigenvalue weighted by atomic mass is 10.00. The van der Waals surface area contributed by atoms with Crippen molar-refractivity contribution < 1.29 is 19.1 Å². The molecular weight excluding hydrogens is 484 g/mol. The van der Waals surface area contributed by atoms with Gasteiger partial charge >= 0.3 is 0 Å². The van der Waals surface area contributed by atoms with Crippen LogP contribution in [0.25, 0.3) is 0 Å². The van der Waals surface area contributed by atoms with Crippen LogP contribution in [0.1, 0.15) is 52.7 Å². The Balaban J connectivity index is 1.54. The maximum atomic E-state index is 13.8. The predicted octanol–water partition coefficient (Wildman–Crippen LogP) is 5.76. The van der Waals surface area contributed by atoms with Gasteiger partial charge in [-0.25, -0.2) is 0 Å². The van der Waals surface area contributed by atoms with E-state index in [9.17, 15) is 9.59 Å². The van der Waals surface area contributed by atoms with Crippen molar-refractivity contribution >= 4 is 23.2 Å². The Morgan fingerprint density at radius 1 is 1.14 bits per heavy atom. The highest BCUT2D eigenvalue weighted by Crippen LogP contribution is 2.34. The highest BCUT2D eigenvalue weighted by atomic mass is 32.1. The van der Waals surface area contributed by atoms with Crippen LogP contribution in [0.4, 0.5) is 0 Å². The molecule has 0 unspecified atom stereocenters. The number of benzene rings is 2. The molecule has 0 aliphatic carbocycles. The third-order valence-corrected chi connectivity index (χ3v) is 8.00. The normalized spacial score (nSPS) is 15.6. The molecular formula is C30H36N2O4S. The fourth-order valence-corrected chi connectivity index (χ4v) is 5.53. The minimum Gasteiger partial charge on any atom is -0.497 e. The van der Waals surface area contributed by atoms with Crippen molar-refractivity contribution in [3.8, 4) is 11.5 Å². The van der Waals surface area contributed by atoms with Crippen LogP contribution < -0.4 is 9.47 Å². The molecule has 0 spiro atoms. The first-order valence-electron chi connectivity index (χ1n) is 12.9. The lowest BCUT2D eigenvalue weighted by Gasteiger charge is -2.37. The largest absolute Gasteiger partial charge is 0.497 e. The summed E-state index contributed by atoms with van der Waals surface area (Å²) in [7, 11) is 1.58. The molecule has 0 bridgehead atoms. The number of amides is 2. The molecule has 1 aliphatic rings. The molecule has 0 saturated heterocycles. The van der Waals surface area contributed by atoms with Crippen molar-refractivity contribution in [3.05, 3.63) is 81.5 Å². The Hall–Kier alpha value is -3.32. The van der Waals surface area contributed by atoms with E-state index in [4.69, 9.17) is 9.47 Å². The number of methoxy groups -OCH3 is 1. The minimum absolute atomic E-state index is 0.0287. The third-order valence-electron chi connectivity index (χ3n) is 7.00. The molecule has 1 aliphatic heterocycles. The van der Waals surface area contributed by atoms with Crippen molar-refractivity contribution in [2.75, 3.05) is 33.4 Å². The molecule has 0 N–H and O–H groups in total. The van der Waals surface area contributed by atoms with E-state index >= 15 is 0 Å². The van der Waals surface area contributed by atoms with E-state index < -0.39 is 0 Å². The van der Waals surface area contributed by atoms with Crippen molar-refractivity contribution in [3.63, 3.8) is 0 Å². The standard InChI is InChI=1S/C30H36N2O4S/c1-5-21(2)18-31(30(34)23-7-6-8-25(17-23)35-4)19-29(33)32-15-13-28-26(14-16-37-28)27(32)20-36-24-11-9-22(3)10-12-24/h6-12,14,16-17,21,27H,5,13,15,18-20H2,1-4H3/t21-,27-/m1/s1. The molecule has 0 radical (unpaired) electrons. The van der Waals surface area contributed by atoms with Crippen LogP contribution >= 0.6 is 11.3 Å². The first kappa shape index (κ1) is 26.7. The van der Waals surface area contributed by atoms with Crippen molar-refractivity contribution in [2.45, 2.75) is 39.7 Å². The van der Waals surface area contributed by atoms with Crippen LogP contribution in [0.2, 0.25) is 0 Å². The number of carbonyl (C=O) groups is 2. The SMILES string of the molecule is CC[C@@H](C)CN(CC(=O)N1CCc2sccc2[C@H]1COc1ccc(C)cc1)C(=O)c1cccc(OC)c1. The minimum atomic E-state index is -0.193. The van der Waals surface area contributed by atoms with E-state index in [0.717, 1.165) is 24.2 Å². The van der Waals surface area contributed by atoms with Crippen molar-refractivity contribution in [1.82, 2.24) is 9.80 Å². The fourth-order valence-electron chi connectivity index (χ4n) is 4.60. The highest BCUT2D eigenvalue weighted by Gasteiger charge is 2.34. The number of rotatable bonds is 10. The average molecular weight is 521 g/mol. The summed E-state index contributed by atoms with van der Waals surface area (Å²) in [5.74, 6) is 1.46. The molecule has 0 fully saturated rings. The van der Waals surface area contributed by atoms with Crippen LogP contribution in [-0.4, -0.2) is 55.0 Å². The maximum absolute atomic E-state index is 13.8. The van der Waals surface area contributed by atoms with Gasteiger partial charge in [-0.1, -0.05) is 44.0 Å². The van der Waals surface area contributed by atoms with Gasteiger partial charge in [-0.05, 0) is 66.6 Å². The molecule has 4 rings (SSSR count). The zero-order chi connectivity index (χ0) is 26.4. The van der Waals surface area contributed by atoms with E-state index in [2.05, 4.69) is 25.3 Å². The Morgan fingerprint density at radius 3 is 2.65 bits per heavy atom. The quantitative estimate of drug-likeness (QED) is 0.341. The van der Waals surface area contributed by atoms with Crippen LogP contribution in [-0.2, 0) is 11.2 Å². The molecule has 3 aromatic rings. The Morgan fingerprint density at radius 2 is 1.92 bits per heavy atom. The second-order valence-electron chi connectivity index (χ2n) is 9.71. The molecule has 2 atom stereocenters. The number of hydrogen-bond donors (Lipinski definition) is 0. The lowest BCUT2D eigenvalue weighted by molar-refractivity contribution is -0.135. The molecule has 1 aromatic heterocycles. The average Bonchev–Trinajstić information content (AvgIpc) is 3.41. The first-order valence-corrected chi connectivity index (χ1v) is 13.8. The number of fused-ring (bicyclic) bond motifs is 1.